The fraction of sp³-hybridized carbons (Fsp3) is 0.250. The van der Waals surface area contributed by atoms with Crippen LogP contribution in [0.3, 0.4) is 0 Å². The molecule has 0 unspecified atom stereocenters. The van der Waals surface area contributed by atoms with Crippen molar-refractivity contribution in [2.45, 2.75) is 5.92 Å². The second kappa shape index (κ2) is 9.34. The predicted octanol–water partition coefficient (Wildman–Crippen LogP) is 3.48. The van der Waals surface area contributed by atoms with E-state index in [1.807, 2.05) is 48.5 Å². The number of amides is 1. The largest absolute Gasteiger partial charge is 0.378 e. The summed E-state index contributed by atoms with van der Waals surface area (Å²) in [6, 6.07) is 24.2. The second-order valence-electron chi connectivity index (χ2n) is 7.06. The first-order valence-corrected chi connectivity index (χ1v) is 9.99. The zero-order valence-electron chi connectivity index (χ0n) is 16.3. The number of ether oxygens (including phenoxy) is 1. The molecule has 1 aliphatic rings. The van der Waals surface area contributed by atoms with Gasteiger partial charge in [0.25, 0.3) is 5.91 Å². The third-order valence-corrected chi connectivity index (χ3v) is 5.21. The molecule has 0 bridgehead atoms. The van der Waals surface area contributed by atoms with Gasteiger partial charge in [-0.15, -0.1) is 0 Å². The number of nitrogens with one attached hydrogen (secondary N) is 1. The Morgan fingerprint density at radius 2 is 1.55 bits per heavy atom. The fourth-order valence-electron chi connectivity index (χ4n) is 3.69. The molecule has 1 saturated heterocycles. The van der Waals surface area contributed by atoms with Gasteiger partial charge in [0.15, 0.2) is 0 Å². The molecule has 29 heavy (non-hydrogen) atoms. The lowest BCUT2D eigenvalue weighted by Gasteiger charge is -2.29. The molecule has 1 aromatic heterocycles. The first kappa shape index (κ1) is 19.2. The van der Waals surface area contributed by atoms with E-state index in [1.165, 1.54) is 11.1 Å². The van der Waals surface area contributed by atoms with Crippen LogP contribution in [0.1, 0.15) is 27.4 Å². The Morgan fingerprint density at radius 3 is 2.17 bits per heavy atom. The summed E-state index contributed by atoms with van der Waals surface area (Å²) in [5, 5.41) is 3.14. The highest BCUT2D eigenvalue weighted by Gasteiger charge is 2.21. The molecule has 4 rings (SSSR count). The molecule has 0 saturated carbocycles. The molecule has 5 nitrogen and oxygen atoms in total. The molecule has 1 aliphatic heterocycles. The van der Waals surface area contributed by atoms with Crippen molar-refractivity contribution in [3.8, 4) is 0 Å². The molecule has 1 N–H and O–H groups in total. The van der Waals surface area contributed by atoms with Crippen LogP contribution >= 0.6 is 0 Å². The number of morpholine rings is 1. The molecular formula is C24H25N3O2. The first-order valence-electron chi connectivity index (χ1n) is 9.99. The van der Waals surface area contributed by atoms with E-state index < -0.39 is 0 Å². The van der Waals surface area contributed by atoms with Gasteiger partial charge in [-0.2, -0.15) is 0 Å². The van der Waals surface area contributed by atoms with Crippen molar-refractivity contribution < 1.29 is 9.53 Å². The molecule has 148 valence electrons. The van der Waals surface area contributed by atoms with Crippen molar-refractivity contribution in [1.29, 1.82) is 0 Å². The summed E-state index contributed by atoms with van der Waals surface area (Å²) in [7, 11) is 0. The van der Waals surface area contributed by atoms with Crippen LogP contribution in [0.25, 0.3) is 0 Å². The van der Waals surface area contributed by atoms with Crippen molar-refractivity contribution in [2.75, 3.05) is 37.7 Å². The van der Waals surface area contributed by atoms with E-state index in [-0.39, 0.29) is 11.8 Å². The van der Waals surface area contributed by atoms with Gasteiger partial charge >= 0.3 is 0 Å². The van der Waals surface area contributed by atoms with Gasteiger partial charge in [-0.3, -0.25) is 4.79 Å². The van der Waals surface area contributed by atoms with E-state index in [9.17, 15) is 4.79 Å². The zero-order chi connectivity index (χ0) is 19.9. The average molecular weight is 387 g/mol. The number of anilines is 1. The summed E-state index contributed by atoms with van der Waals surface area (Å²) in [4.78, 5) is 19.7. The van der Waals surface area contributed by atoms with Crippen LogP contribution in [0.15, 0.2) is 79.0 Å². The number of carbonyl (C=O) groups is 1. The molecule has 1 amide bonds. The van der Waals surface area contributed by atoms with E-state index in [2.05, 4.69) is 39.5 Å². The molecule has 2 heterocycles. The van der Waals surface area contributed by atoms with Crippen molar-refractivity contribution in [1.82, 2.24) is 10.3 Å². The third-order valence-electron chi connectivity index (χ3n) is 5.21. The summed E-state index contributed by atoms with van der Waals surface area (Å²) in [5.74, 6) is 0.714. The Labute approximate surface area is 171 Å². The Bertz CT molecular complexity index is 886. The standard InChI is InChI=1S/C24H25N3O2/c28-24(21-12-7-13-25-23(21)27-14-16-29-17-15-27)26-18-22(19-8-3-1-4-9-19)20-10-5-2-6-11-20/h1-13,22H,14-18H2,(H,26,28). The van der Waals surface area contributed by atoms with E-state index in [1.54, 1.807) is 6.20 Å². The molecule has 3 aromatic rings. The van der Waals surface area contributed by atoms with Gasteiger partial charge < -0.3 is 15.0 Å². The lowest BCUT2D eigenvalue weighted by molar-refractivity contribution is 0.0950. The van der Waals surface area contributed by atoms with Crippen LogP contribution in [0.2, 0.25) is 0 Å². The lowest BCUT2D eigenvalue weighted by Crippen LogP contribution is -2.39. The number of hydrogen-bond donors (Lipinski definition) is 1. The third kappa shape index (κ3) is 4.63. The maximum atomic E-state index is 13.1. The fourth-order valence-corrected chi connectivity index (χ4v) is 3.69. The van der Waals surface area contributed by atoms with E-state index in [4.69, 9.17) is 4.74 Å². The van der Waals surface area contributed by atoms with Crippen LogP contribution in [0.5, 0.6) is 0 Å². The molecule has 5 heteroatoms. The van der Waals surface area contributed by atoms with Gasteiger partial charge in [0.2, 0.25) is 0 Å². The van der Waals surface area contributed by atoms with E-state index in [0.29, 0.717) is 25.3 Å². The van der Waals surface area contributed by atoms with Gasteiger partial charge in [-0.05, 0) is 23.3 Å². The smallest absolute Gasteiger partial charge is 0.255 e. The Kier molecular flexibility index (Phi) is 6.17. The van der Waals surface area contributed by atoms with Crippen LogP contribution in [-0.4, -0.2) is 43.7 Å². The van der Waals surface area contributed by atoms with E-state index >= 15 is 0 Å². The summed E-state index contributed by atoms with van der Waals surface area (Å²) in [6.45, 7) is 3.32. The first-order chi connectivity index (χ1) is 14.3. The molecule has 0 atom stereocenters. The van der Waals surface area contributed by atoms with Gasteiger partial charge in [0, 0.05) is 31.7 Å². The minimum atomic E-state index is -0.101. The topological polar surface area (TPSA) is 54.5 Å². The molecule has 0 spiro atoms. The zero-order valence-corrected chi connectivity index (χ0v) is 16.3. The normalized spacial score (nSPS) is 14.0. The SMILES string of the molecule is O=C(NCC(c1ccccc1)c1ccccc1)c1cccnc1N1CCOCC1. The summed E-state index contributed by atoms with van der Waals surface area (Å²) < 4.78 is 5.43. The van der Waals surface area contributed by atoms with Crippen molar-refractivity contribution in [2.24, 2.45) is 0 Å². The number of rotatable bonds is 6. The number of carbonyl (C=O) groups excluding carboxylic acids is 1. The van der Waals surface area contributed by atoms with Crippen molar-refractivity contribution in [3.63, 3.8) is 0 Å². The summed E-state index contributed by atoms with van der Waals surface area (Å²) in [6.07, 6.45) is 1.73. The number of benzene rings is 2. The summed E-state index contributed by atoms with van der Waals surface area (Å²) >= 11 is 0. The highest BCUT2D eigenvalue weighted by molar-refractivity contribution is 5.99. The number of aromatic nitrogens is 1. The molecular weight excluding hydrogens is 362 g/mol. The molecule has 1 fully saturated rings. The van der Waals surface area contributed by atoms with Crippen LogP contribution in [0.4, 0.5) is 5.82 Å². The predicted molar refractivity (Wildman–Crippen MR) is 114 cm³/mol. The molecule has 0 aliphatic carbocycles. The highest BCUT2D eigenvalue weighted by Crippen LogP contribution is 2.24. The molecule has 2 aromatic carbocycles. The number of pyridine rings is 1. The number of hydrogen-bond acceptors (Lipinski definition) is 4. The lowest BCUT2D eigenvalue weighted by atomic mass is 9.91. The van der Waals surface area contributed by atoms with Gasteiger partial charge in [-0.25, -0.2) is 4.98 Å². The Hall–Kier alpha value is -3.18. The average Bonchev–Trinajstić information content (AvgIpc) is 2.81. The number of nitrogens with zero attached hydrogens (tertiary/aromatic N) is 2. The highest BCUT2D eigenvalue weighted by atomic mass is 16.5. The van der Waals surface area contributed by atoms with Crippen molar-refractivity contribution in [3.05, 3.63) is 95.7 Å². The second-order valence-corrected chi connectivity index (χ2v) is 7.06. The minimum absolute atomic E-state index is 0.0878. The monoisotopic (exact) mass is 387 g/mol. The molecule has 0 radical (unpaired) electrons. The van der Waals surface area contributed by atoms with Gasteiger partial charge in [0.1, 0.15) is 5.82 Å². The maximum Gasteiger partial charge on any atom is 0.255 e. The van der Waals surface area contributed by atoms with Gasteiger partial charge in [-0.1, -0.05) is 60.7 Å². The van der Waals surface area contributed by atoms with E-state index in [0.717, 1.165) is 18.9 Å². The van der Waals surface area contributed by atoms with Crippen LogP contribution in [-0.2, 0) is 4.74 Å². The van der Waals surface area contributed by atoms with Crippen molar-refractivity contribution >= 4 is 11.7 Å². The van der Waals surface area contributed by atoms with Crippen LogP contribution in [0, 0.1) is 0 Å². The van der Waals surface area contributed by atoms with Crippen LogP contribution < -0.4 is 10.2 Å². The maximum absolute atomic E-state index is 13.1. The summed E-state index contributed by atoms with van der Waals surface area (Å²) in [5.41, 5.74) is 2.96. The quantitative estimate of drug-likeness (QED) is 0.704. The Morgan fingerprint density at radius 1 is 0.931 bits per heavy atom. The van der Waals surface area contributed by atoms with Gasteiger partial charge in [0.05, 0.1) is 18.8 Å². The Balaban J connectivity index is 1.53. The minimum Gasteiger partial charge on any atom is -0.378 e.